The number of aryl methyl sites for hydroxylation is 2. The molecule has 0 amide bonds. The van der Waals surface area contributed by atoms with Crippen molar-refractivity contribution in [3.63, 3.8) is 0 Å². The molecule has 0 saturated carbocycles. The molecule has 0 aliphatic heterocycles. The van der Waals surface area contributed by atoms with Gasteiger partial charge < -0.3 is 4.52 Å². The molecular weight excluding hydrogens is 430 g/mol. The van der Waals surface area contributed by atoms with Crippen molar-refractivity contribution in [1.82, 2.24) is 10.1 Å². The number of hydrogen-bond acceptors (Lipinski definition) is 6. The molecule has 2 heterocycles. The summed E-state index contributed by atoms with van der Waals surface area (Å²) >= 11 is 6.99. The summed E-state index contributed by atoms with van der Waals surface area (Å²) in [7, 11) is -3.72. The van der Waals surface area contributed by atoms with Gasteiger partial charge in [0.2, 0.25) is 5.82 Å². The Hall–Kier alpha value is -2.68. The van der Waals surface area contributed by atoms with E-state index in [9.17, 15) is 8.42 Å². The monoisotopic (exact) mass is 445 g/mol. The van der Waals surface area contributed by atoms with Gasteiger partial charge >= 0.3 is 0 Å². The van der Waals surface area contributed by atoms with Crippen LogP contribution in [0.4, 0.5) is 5.69 Å². The van der Waals surface area contributed by atoms with E-state index in [1.807, 2.05) is 26.0 Å². The highest BCUT2D eigenvalue weighted by atomic mass is 35.5. The molecular formula is C20H16ClN3O3S2. The molecule has 9 heteroatoms. The van der Waals surface area contributed by atoms with E-state index in [4.69, 9.17) is 16.1 Å². The summed E-state index contributed by atoms with van der Waals surface area (Å²) in [5, 5.41) is 6.25. The second-order valence-corrected chi connectivity index (χ2v) is 9.77. The summed E-state index contributed by atoms with van der Waals surface area (Å²) in [4.78, 5) is 4.35. The van der Waals surface area contributed by atoms with Crippen molar-refractivity contribution in [3.8, 4) is 22.8 Å². The van der Waals surface area contributed by atoms with Crippen molar-refractivity contribution in [2.24, 2.45) is 0 Å². The molecule has 0 fully saturated rings. The lowest BCUT2D eigenvalue weighted by Crippen LogP contribution is -2.12. The highest BCUT2D eigenvalue weighted by molar-refractivity contribution is 7.94. The van der Waals surface area contributed by atoms with Gasteiger partial charge in [-0.25, -0.2) is 8.42 Å². The summed E-state index contributed by atoms with van der Waals surface area (Å²) in [6, 6.07) is 14.1. The van der Waals surface area contributed by atoms with Crippen LogP contribution in [-0.2, 0) is 10.0 Å². The fraction of sp³-hybridized carbons (Fsp3) is 0.100. The SMILES string of the molecule is Cc1ccc(NS(=O)(=O)c2cc(-c3nc(-c4ccc(Cl)cc4)no3)cs2)c(C)c1. The Balaban J connectivity index is 1.58. The number of benzene rings is 2. The highest BCUT2D eigenvalue weighted by Crippen LogP contribution is 2.31. The molecule has 4 rings (SSSR count). The predicted octanol–water partition coefficient (Wildman–Crippen LogP) is 5.54. The van der Waals surface area contributed by atoms with E-state index in [0.29, 0.717) is 22.1 Å². The van der Waals surface area contributed by atoms with Crippen molar-refractivity contribution < 1.29 is 12.9 Å². The third-order valence-electron chi connectivity index (χ3n) is 4.24. The van der Waals surface area contributed by atoms with Gasteiger partial charge in [0.25, 0.3) is 15.9 Å². The van der Waals surface area contributed by atoms with E-state index in [0.717, 1.165) is 28.0 Å². The van der Waals surface area contributed by atoms with Crippen LogP contribution in [0.3, 0.4) is 0 Å². The van der Waals surface area contributed by atoms with Gasteiger partial charge in [0.15, 0.2) is 0 Å². The minimum absolute atomic E-state index is 0.165. The van der Waals surface area contributed by atoms with Gasteiger partial charge in [0.1, 0.15) is 4.21 Å². The number of thiophene rings is 1. The Morgan fingerprint density at radius 2 is 1.79 bits per heavy atom. The molecule has 2 aromatic heterocycles. The van der Waals surface area contributed by atoms with Crippen LogP contribution in [0, 0.1) is 13.8 Å². The molecule has 6 nitrogen and oxygen atoms in total. The minimum Gasteiger partial charge on any atom is -0.334 e. The van der Waals surface area contributed by atoms with Crippen molar-refractivity contribution in [2.75, 3.05) is 4.72 Å². The second kappa shape index (κ2) is 7.62. The van der Waals surface area contributed by atoms with E-state index < -0.39 is 10.0 Å². The number of halogens is 1. The largest absolute Gasteiger partial charge is 0.334 e. The van der Waals surface area contributed by atoms with Crippen molar-refractivity contribution in [2.45, 2.75) is 18.1 Å². The van der Waals surface area contributed by atoms with Gasteiger partial charge in [-0.15, -0.1) is 11.3 Å². The van der Waals surface area contributed by atoms with E-state index in [2.05, 4.69) is 14.9 Å². The quantitative estimate of drug-likeness (QED) is 0.436. The van der Waals surface area contributed by atoms with Crippen LogP contribution < -0.4 is 4.72 Å². The topological polar surface area (TPSA) is 85.1 Å². The first-order chi connectivity index (χ1) is 13.8. The van der Waals surface area contributed by atoms with Gasteiger partial charge in [-0.1, -0.05) is 34.5 Å². The summed E-state index contributed by atoms with van der Waals surface area (Å²) < 4.78 is 33.6. The average molecular weight is 446 g/mol. The van der Waals surface area contributed by atoms with E-state index in [-0.39, 0.29) is 10.1 Å². The minimum atomic E-state index is -3.72. The average Bonchev–Trinajstić information content (AvgIpc) is 3.34. The number of anilines is 1. The highest BCUT2D eigenvalue weighted by Gasteiger charge is 2.20. The van der Waals surface area contributed by atoms with Crippen LogP contribution in [-0.4, -0.2) is 18.6 Å². The first-order valence-electron chi connectivity index (χ1n) is 8.60. The lowest BCUT2D eigenvalue weighted by Gasteiger charge is -2.09. The molecule has 148 valence electrons. The maximum Gasteiger partial charge on any atom is 0.271 e. The Kier molecular flexibility index (Phi) is 5.16. The molecule has 0 aliphatic rings. The van der Waals surface area contributed by atoms with Gasteiger partial charge in [-0.05, 0) is 55.8 Å². The smallest absolute Gasteiger partial charge is 0.271 e. The fourth-order valence-corrected chi connectivity index (χ4v) is 5.16. The lowest BCUT2D eigenvalue weighted by molar-refractivity contribution is 0.432. The summed E-state index contributed by atoms with van der Waals surface area (Å²) in [6.07, 6.45) is 0. The molecule has 0 radical (unpaired) electrons. The Morgan fingerprint density at radius 3 is 2.52 bits per heavy atom. The molecule has 1 N–H and O–H groups in total. The number of nitrogens with zero attached hydrogens (tertiary/aromatic N) is 2. The van der Waals surface area contributed by atoms with E-state index in [1.54, 1.807) is 35.7 Å². The van der Waals surface area contributed by atoms with Crippen molar-refractivity contribution >= 4 is 38.6 Å². The second-order valence-electron chi connectivity index (χ2n) is 6.51. The summed E-state index contributed by atoms with van der Waals surface area (Å²) in [5.41, 5.74) is 3.77. The lowest BCUT2D eigenvalue weighted by atomic mass is 10.1. The maximum absolute atomic E-state index is 12.8. The summed E-state index contributed by atoms with van der Waals surface area (Å²) in [6.45, 7) is 3.82. The van der Waals surface area contributed by atoms with Crippen LogP contribution in [0.25, 0.3) is 22.8 Å². The predicted molar refractivity (Wildman–Crippen MR) is 115 cm³/mol. The first kappa shape index (κ1) is 19.6. The van der Waals surface area contributed by atoms with Gasteiger partial charge in [-0.3, -0.25) is 4.72 Å². The van der Waals surface area contributed by atoms with Crippen LogP contribution in [0.15, 0.2) is 62.6 Å². The zero-order valence-electron chi connectivity index (χ0n) is 15.5. The van der Waals surface area contributed by atoms with Gasteiger partial charge in [0.05, 0.1) is 11.3 Å². The normalized spacial score (nSPS) is 11.6. The number of rotatable bonds is 5. The van der Waals surface area contributed by atoms with Gasteiger partial charge in [0, 0.05) is 16.0 Å². The van der Waals surface area contributed by atoms with Crippen LogP contribution >= 0.6 is 22.9 Å². The van der Waals surface area contributed by atoms with E-state index >= 15 is 0 Å². The Morgan fingerprint density at radius 1 is 1.03 bits per heavy atom. The molecule has 0 aliphatic carbocycles. The van der Waals surface area contributed by atoms with Crippen LogP contribution in [0.2, 0.25) is 5.02 Å². The third-order valence-corrected chi connectivity index (χ3v) is 7.30. The van der Waals surface area contributed by atoms with Gasteiger partial charge in [-0.2, -0.15) is 4.98 Å². The molecule has 0 spiro atoms. The number of hydrogen-bond donors (Lipinski definition) is 1. The number of nitrogens with one attached hydrogen (secondary N) is 1. The van der Waals surface area contributed by atoms with E-state index in [1.165, 1.54) is 6.07 Å². The first-order valence-corrected chi connectivity index (χ1v) is 11.3. The molecule has 0 atom stereocenters. The molecule has 4 aromatic rings. The van der Waals surface area contributed by atoms with Crippen molar-refractivity contribution in [1.29, 1.82) is 0 Å². The Labute approximate surface area is 177 Å². The fourth-order valence-electron chi connectivity index (χ4n) is 2.75. The van der Waals surface area contributed by atoms with Crippen LogP contribution in [0.1, 0.15) is 11.1 Å². The zero-order valence-corrected chi connectivity index (χ0v) is 17.9. The molecule has 2 aromatic carbocycles. The third kappa shape index (κ3) is 4.19. The molecule has 29 heavy (non-hydrogen) atoms. The van der Waals surface area contributed by atoms with Crippen LogP contribution in [0.5, 0.6) is 0 Å². The molecule has 0 unspecified atom stereocenters. The van der Waals surface area contributed by atoms with Crippen molar-refractivity contribution in [3.05, 3.63) is 70.1 Å². The maximum atomic E-state index is 12.8. The standard InChI is InChI=1S/C20H16ClN3O3S2/c1-12-3-8-17(13(2)9-12)24-29(25,26)18-10-15(11-28-18)20-22-19(23-27-20)14-4-6-16(21)7-5-14/h3-11,24H,1-2H3. The Bertz CT molecular complexity index is 1280. The summed E-state index contributed by atoms with van der Waals surface area (Å²) in [5.74, 6) is 0.653. The molecule has 0 bridgehead atoms. The zero-order chi connectivity index (χ0) is 20.6. The number of sulfonamides is 1. The molecule has 0 saturated heterocycles. The number of aromatic nitrogens is 2.